The summed E-state index contributed by atoms with van der Waals surface area (Å²) in [5.74, 6) is 1.53. The number of rotatable bonds is 4. The molecule has 1 aliphatic rings. The summed E-state index contributed by atoms with van der Waals surface area (Å²) in [5, 5.41) is 4.84. The second kappa shape index (κ2) is 7.48. The molecule has 2 heterocycles. The van der Waals surface area contributed by atoms with Crippen molar-refractivity contribution in [3.63, 3.8) is 0 Å². The maximum absolute atomic E-state index is 5.48. The van der Waals surface area contributed by atoms with Crippen molar-refractivity contribution in [1.29, 1.82) is 0 Å². The predicted octanol–water partition coefficient (Wildman–Crippen LogP) is 3.14. The van der Waals surface area contributed by atoms with Gasteiger partial charge in [0.2, 0.25) is 0 Å². The van der Waals surface area contributed by atoms with Crippen LogP contribution in [0.2, 0.25) is 0 Å². The van der Waals surface area contributed by atoms with Crippen LogP contribution in [0.15, 0.2) is 17.1 Å². The van der Waals surface area contributed by atoms with E-state index in [2.05, 4.69) is 60.1 Å². The van der Waals surface area contributed by atoms with Gasteiger partial charge in [0.05, 0.1) is 12.1 Å². The number of nitrogens with one attached hydrogen (secondary N) is 2. The topological polar surface area (TPSA) is 52.7 Å². The number of aromatic amines is 1. The second-order valence-corrected chi connectivity index (χ2v) is 7.23. The Balaban J connectivity index is 1.73. The number of nitrogens with zero attached hydrogens (tertiary/aromatic N) is 2. The second-order valence-electron chi connectivity index (χ2n) is 7.23. The highest BCUT2D eigenvalue weighted by Crippen LogP contribution is 2.26. The molecule has 0 radical (unpaired) electrons. The van der Waals surface area contributed by atoms with Crippen molar-refractivity contribution >= 4 is 16.9 Å². The third-order valence-corrected chi connectivity index (χ3v) is 5.21. The van der Waals surface area contributed by atoms with Crippen LogP contribution in [-0.4, -0.2) is 49.7 Å². The lowest BCUT2D eigenvalue weighted by atomic mass is 10.0. The number of guanidine groups is 1. The summed E-state index contributed by atoms with van der Waals surface area (Å²) in [6.45, 7) is 9.96. The van der Waals surface area contributed by atoms with Gasteiger partial charge in [0.15, 0.2) is 5.96 Å². The number of H-pyrrole nitrogens is 1. The molecule has 5 nitrogen and oxygen atoms in total. The normalized spacial score (nSPS) is 18.1. The molecule has 1 aromatic heterocycles. The maximum atomic E-state index is 5.48. The zero-order valence-electron chi connectivity index (χ0n) is 16.1. The molecule has 1 saturated heterocycles. The van der Waals surface area contributed by atoms with Crippen LogP contribution in [0.25, 0.3) is 10.9 Å². The van der Waals surface area contributed by atoms with Crippen LogP contribution in [0.1, 0.15) is 28.8 Å². The highest BCUT2D eigenvalue weighted by Gasteiger charge is 2.19. The van der Waals surface area contributed by atoms with Crippen LogP contribution in [0.5, 0.6) is 0 Å². The first-order valence-electron chi connectivity index (χ1n) is 9.07. The number of hydrogen-bond donors (Lipinski definition) is 2. The van der Waals surface area contributed by atoms with E-state index in [1.165, 1.54) is 33.3 Å². The summed E-state index contributed by atoms with van der Waals surface area (Å²) in [4.78, 5) is 10.2. The van der Waals surface area contributed by atoms with Crippen molar-refractivity contribution < 1.29 is 4.74 Å². The largest absolute Gasteiger partial charge is 0.381 e. The quantitative estimate of drug-likeness (QED) is 0.663. The Kier molecular flexibility index (Phi) is 5.33. The molecule has 0 bridgehead atoms. The summed E-state index contributed by atoms with van der Waals surface area (Å²) >= 11 is 0. The summed E-state index contributed by atoms with van der Waals surface area (Å²) in [6.07, 6.45) is 1.14. The Morgan fingerprint density at radius 1 is 1.36 bits per heavy atom. The number of aryl methyl sites for hydroxylation is 3. The molecule has 1 aromatic carbocycles. The fraction of sp³-hybridized carbons (Fsp3) is 0.550. The molecule has 0 spiro atoms. The molecule has 0 amide bonds. The fourth-order valence-corrected chi connectivity index (χ4v) is 3.69. The first-order valence-corrected chi connectivity index (χ1v) is 9.07. The summed E-state index contributed by atoms with van der Waals surface area (Å²) in [5.41, 5.74) is 6.38. The monoisotopic (exact) mass is 342 g/mol. The Labute approximate surface area is 150 Å². The molecule has 3 rings (SSSR count). The van der Waals surface area contributed by atoms with Crippen LogP contribution < -0.4 is 5.32 Å². The van der Waals surface area contributed by atoms with Gasteiger partial charge >= 0.3 is 0 Å². The highest BCUT2D eigenvalue weighted by molar-refractivity contribution is 5.88. The van der Waals surface area contributed by atoms with E-state index >= 15 is 0 Å². The fourth-order valence-electron chi connectivity index (χ4n) is 3.69. The summed E-state index contributed by atoms with van der Waals surface area (Å²) in [6, 6.07) is 4.52. The van der Waals surface area contributed by atoms with Gasteiger partial charge in [0.1, 0.15) is 0 Å². The molecular weight excluding hydrogens is 312 g/mol. The van der Waals surface area contributed by atoms with Crippen molar-refractivity contribution in [3.8, 4) is 0 Å². The van der Waals surface area contributed by atoms with Gasteiger partial charge in [0.25, 0.3) is 0 Å². The van der Waals surface area contributed by atoms with Gasteiger partial charge in [-0.3, -0.25) is 4.99 Å². The average Bonchev–Trinajstić information content (AvgIpc) is 3.18. The van der Waals surface area contributed by atoms with Crippen molar-refractivity contribution in [3.05, 3.63) is 34.5 Å². The standard InChI is InChI=1S/C20H30N4O/c1-13-8-17(19-18(9-13)14(2)15(3)23-19)10-22-20(21-4)24(5)11-16-6-7-25-12-16/h8-9,16,23H,6-7,10-12H2,1-5H3,(H,21,22). The molecule has 2 N–H and O–H groups in total. The molecule has 0 saturated carbocycles. The van der Waals surface area contributed by atoms with Gasteiger partial charge in [-0.2, -0.15) is 0 Å². The van der Waals surface area contributed by atoms with Crippen LogP contribution in [0.3, 0.4) is 0 Å². The first kappa shape index (κ1) is 17.8. The molecule has 5 heteroatoms. The Bertz CT molecular complexity index is 772. The van der Waals surface area contributed by atoms with Gasteiger partial charge in [-0.15, -0.1) is 0 Å². The molecule has 2 aromatic rings. The number of fused-ring (bicyclic) bond motifs is 1. The smallest absolute Gasteiger partial charge is 0.193 e. The number of benzene rings is 1. The van der Waals surface area contributed by atoms with E-state index in [4.69, 9.17) is 4.74 Å². The Morgan fingerprint density at radius 3 is 2.84 bits per heavy atom. The molecule has 1 unspecified atom stereocenters. The zero-order chi connectivity index (χ0) is 18.0. The van der Waals surface area contributed by atoms with Gasteiger partial charge in [-0.1, -0.05) is 11.6 Å². The van der Waals surface area contributed by atoms with E-state index in [9.17, 15) is 0 Å². The van der Waals surface area contributed by atoms with Gasteiger partial charge < -0.3 is 19.9 Å². The number of ether oxygens (including phenoxy) is 1. The molecule has 1 fully saturated rings. The van der Waals surface area contributed by atoms with Crippen LogP contribution >= 0.6 is 0 Å². The summed E-state index contributed by atoms with van der Waals surface area (Å²) < 4.78 is 5.48. The molecule has 1 aliphatic heterocycles. The van der Waals surface area contributed by atoms with Crippen LogP contribution in [0, 0.1) is 26.7 Å². The minimum absolute atomic E-state index is 0.600. The van der Waals surface area contributed by atoms with Crippen LogP contribution in [-0.2, 0) is 11.3 Å². The minimum Gasteiger partial charge on any atom is -0.381 e. The van der Waals surface area contributed by atoms with Crippen molar-refractivity contribution in [2.24, 2.45) is 10.9 Å². The third-order valence-electron chi connectivity index (χ3n) is 5.21. The minimum atomic E-state index is 0.600. The highest BCUT2D eigenvalue weighted by atomic mass is 16.5. The van der Waals surface area contributed by atoms with Crippen LogP contribution in [0.4, 0.5) is 0 Å². The summed E-state index contributed by atoms with van der Waals surface area (Å²) in [7, 11) is 3.95. The maximum Gasteiger partial charge on any atom is 0.193 e. The molecule has 1 atom stereocenters. The van der Waals surface area contributed by atoms with E-state index in [0.29, 0.717) is 5.92 Å². The number of hydrogen-bond acceptors (Lipinski definition) is 2. The van der Waals surface area contributed by atoms with E-state index < -0.39 is 0 Å². The van der Waals surface area contributed by atoms with E-state index in [-0.39, 0.29) is 0 Å². The SMILES string of the molecule is CN=C(NCc1cc(C)cc2c(C)c(C)[nH]c12)N(C)CC1CCOC1. The van der Waals surface area contributed by atoms with E-state index in [0.717, 1.165) is 38.7 Å². The molecule has 136 valence electrons. The first-order chi connectivity index (χ1) is 12.0. The van der Waals surface area contributed by atoms with Crippen molar-refractivity contribution in [1.82, 2.24) is 15.2 Å². The lowest BCUT2D eigenvalue weighted by molar-refractivity contribution is 0.181. The van der Waals surface area contributed by atoms with Gasteiger partial charge in [0, 0.05) is 50.8 Å². The Morgan fingerprint density at radius 2 is 2.16 bits per heavy atom. The van der Waals surface area contributed by atoms with Gasteiger partial charge in [-0.25, -0.2) is 0 Å². The average molecular weight is 342 g/mol. The lowest BCUT2D eigenvalue weighted by Crippen LogP contribution is -2.41. The van der Waals surface area contributed by atoms with E-state index in [1.54, 1.807) is 0 Å². The van der Waals surface area contributed by atoms with Gasteiger partial charge in [-0.05, 0) is 44.4 Å². The predicted molar refractivity (Wildman–Crippen MR) is 104 cm³/mol. The molecular formula is C20H30N4O. The lowest BCUT2D eigenvalue weighted by Gasteiger charge is -2.24. The number of aromatic nitrogens is 1. The van der Waals surface area contributed by atoms with Crippen molar-refractivity contribution in [2.75, 3.05) is 33.9 Å². The Hall–Kier alpha value is -2.01. The third kappa shape index (κ3) is 3.82. The zero-order valence-corrected chi connectivity index (χ0v) is 16.1. The molecule has 25 heavy (non-hydrogen) atoms. The van der Waals surface area contributed by atoms with Crippen molar-refractivity contribution in [2.45, 2.75) is 33.7 Å². The van der Waals surface area contributed by atoms with E-state index in [1.807, 2.05) is 7.05 Å². The molecule has 0 aliphatic carbocycles. The number of aliphatic imine (C=N–C) groups is 1.